The first-order valence-corrected chi connectivity index (χ1v) is 11.2. The first-order chi connectivity index (χ1) is 16.6. The van der Waals surface area contributed by atoms with Gasteiger partial charge < -0.3 is 4.74 Å². The molecule has 6 heteroatoms. The number of rotatable bonds is 3. The molecule has 34 heavy (non-hydrogen) atoms. The molecule has 0 N–H and O–H groups in total. The van der Waals surface area contributed by atoms with Crippen LogP contribution in [0.5, 0.6) is 11.6 Å². The third-order valence-electron chi connectivity index (χ3n) is 5.93. The Balaban J connectivity index is 1.51. The summed E-state index contributed by atoms with van der Waals surface area (Å²) in [6.07, 6.45) is 1.83. The molecule has 0 aliphatic heterocycles. The number of hydrogen-bond donors (Lipinski definition) is 1. The van der Waals surface area contributed by atoms with Crippen molar-refractivity contribution in [3.05, 3.63) is 96.2 Å². The normalized spacial score (nSPS) is 11.2. The zero-order chi connectivity index (χ0) is 23.2. The molecule has 0 fully saturated rings. The summed E-state index contributed by atoms with van der Waals surface area (Å²) in [7, 11) is 0. The molecule has 0 aliphatic rings. The van der Waals surface area contributed by atoms with Gasteiger partial charge in [0.05, 0.1) is 28.2 Å². The van der Waals surface area contributed by atoms with E-state index in [0.29, 0.717) is 27.6 Å². The Morgan fingerprint density at radius 1 is 0.882 bits per heavy atom. The van der Waals surface area contributed by atoms with Crippen molar-refractivity contribution in [1.82, 2.24) is 14.5 Å². The smallest absolute Gasteiger partial charge is 0.219 e. The maximum absolute atomic E-state index is 9.39. The molecule has 3 aromatic carbocycles. The molecule has 162 valence electrons. The molecule has 6 aromatic rings. The number of nitriles is 1. The van der Waals surface area contributed by atoms with Crippen molar-refractivity contribution >= 4 is 45.3 Å². The zero-order valence-corrected chi connectivity index (χ0v) is 19.1. The van der Waals surface area contributed by atoms with Crippen LogP contribution in [0.1, 0.15) is 11.1 Å². The molecule has 0 spiro atoms. The van der Waals surface area contributed by atoms with Crippen molar-refractivity contribution in [2.24, 2.45) is 0 Å². The lowest BCUT2D eigenvalue weighted by atomic mass is 10.1. The minimum absolute atomic E-state index is 0.439. The highest BCUT2D eigenvalue weighted by Crippen LogP contribution is 2.35. The minimum atomic E-state index is 0.439. The number of hydrogen-bond acceptors (Lipinski definition) is 5. The summed E-state index contributed by atoms with van der Waals surface area (Å²) in [4.78, 5) is 9.95. The van der Waals surface area contributed by atoms with Gasteiger partial charge in [-0.05, 0) is 61.0 Å². The Morgan fingerprint density at radius 3 is 2.56 bits per heavy atom. The molecule has 0 bridgehead atoms. The van der Waals surface area contributed by atoms with Crippen LogP contribution in [-0.2, 0) is 0 Å². The van der Waals surface area contributed by atoms with Gasteiger partial charge in [0.15, 0.2) is 0 Å². The quantitative estimate of drug-likeness (QED) is 0.290. The molecule has 0 atom stereocenters. The fraction of sp³-hybridized carbons (Fsp3) is 0.0357. The Kier molecular flexibility index (Phi) is 4.72. The molecule has 0 saturated heterocycles. The summed E-state index contributed by atoms with van der Waals surface area (Å²) >= 11 is 4.51. The van der Waals surface area contributed by atoms with E-state index < -0.39 is 0 Å². The van der Waals surface area contributed by atoms with E-state index in [1.165, 1.54) is 0 Å². The van der Waals surface area contributed by atoms with Crippen molar-refractivity contribution < 1.29 is 4.74 Å². The van der Waals surface area contributed by atoms with Gasteiger partial charge in [-0.1, -0.05) is 18.2 Å². The van der Waals surface area contributed by atoms with E-state index in [2.05, 4.69) is 64.4 Å². The highest BCUT2D eigenvalue weighted by molar-refractivity contribution is 7.80. The highest BCUT2D eigenvalue weighted by atomic mass is 32.1. The Hall–Kier alpha value is -4.34. The van der Waals surface area contributed by atoms with Crippen LogP contribution in [-0.4, -0.2) is 14.5 Å². The number of ether oxygens (including phenoxy) is 1. The van der Waals surface area contributed by atoms with Crippen LogP contribution in [0.4, 0.5) is 0 Å². The molecule has 0 aliphatic carbocycles. The Bertz CT molecular complexity index is 1780. The molecule has 3 aromatic heterocycles. The summed E-state index contributed by atoms with van der Waals surface area (Å²) in [6.45, 7) is 2.06. The van der Waals surface area contributed by atoms with E-state index in [4.69, 9.17) is 4.74 Å². The summed E-state index contributed by atoms with van der Waals surface area (Å²) in [5.74, 6) is 1.96. The van der Waals surface area contributed by atoms with Gasteiger partial charge in [0.2, 0.25) is 5.88 Å². The zero-order valence-electron chi connectivity index (χ0n) is 18.2. The predicted molar refractivity (Wildman–Crippen MR) is 137 cm³/mol. The molecule has 6 rings (SSSR count). The fourth-order valence-corrected chi connectivity index (χ4v) is 4.61. The van der Waals surface area contributed by atoms with E-state index in [9.17, 15) is 5.26 Å². The number of nitrogens with zero attached hydrogens (tertiary/aromatic N) is 4. The van der Waals surface area contributed by atoms with Crippen LogP contribution in [0, 0.1) is 18.3 Å². The second-order valence-electron chi connectivity index (χ2n) is 8.11. The first-order valence-electron chi connectivity index (χ1n) is 10.8. The second kappa shape index (κ2) is 7.91. The summed E-state index contributed by atoms with van der Waals surface area (Å²) in [5.41, 5.74) is 4.42. The van der Waals surface area contributed by atoms with E-state index >= 15 is 0 Å². The number of benzene rings is 3. The number of thiol groups is 1. The predicted octanol–water partition coefficient (Wildman–Crippen LogP) is 6.99. The van der Waals surface area contributed by atoms with Gasteiger partial charge in [-0.15, -0.1) is 12.6 Å². The van der Waals surface area contributed by atoms with E-state index in [1.54, 1.807) is 18.2 Å². The monoisotopic (exact) mass is 458 g/mol. The molecule has 3 heterocycles. The number of aryl methyl sites for hydroxylation is 1. The average molecular weight is 459 g/mol. The van der Waals surface area contributed by atoms with Crippen molar-refractivity contribution in [2.75, 3.05) is 0 Å². The molecule has 0 amide bonds. The summed E-state index contributed by atoms with van der Waals surface area (Å²) < 4.78 is 8.33. The van der Waals surface area contributed by atoms with Crippen molar-refractivity contribution in [2.45, 2.75) is 11.8 Å². The molecule has 0 unspecified atom stereocenters. The standard InChI is InChI=1S/C28H18N4OS/c1-17-12-13-30-26(14-17)32-23-5-3-2-4-21(23)22-8-7-19(15-24(22)32)33-27-11-9-20-18(16-29)6-10-25(34)28(20)31-27/h2-15,34H,1H3. The van der Waals surface area contributed by atoms with Crippen LogP contribution in [0.25, 0.3) is 38.5 Å². The second-order valence-corrected chi connectivity index (χ2v) is 8.60. The van der Waals surface area contributed by atoms with Gasteiger partial charge in [-0.2, -0.15) is 5.26 Å². The van der Waals surface area contributed by atoms with Crippen LogP contribution >= 0.6 is 12.6 Å². The lowest BCUT2D eigenvalue weighted by Gasteiger charge is -2.10. The third-order valence-corrected chi connectivity index (χ3v) is 6.29. The van der Waals surface area contributed by atoms with Gasteiger partial charge >= 0.3 is 0 Å². The molecule has 0 saturated carbocycles. The summed E-state index contributed by atoms with van der Waals surface area (Å²) in [5, 5.41) is 12.4. The van der Waals surface area contributed by atoms with Crippen molar-refractivity contribution in [3.8, 4) is 23.5 Å². The van der Waals surface area contributed by atoms with Gasteiger partial charge in [0.1, 0.15) is 11.6 Å². The maximum Gasteiger partial charge on any atom is 0.219 e. The SMILES string of the molecule is Cc1ccnc(-n2c3ccccc3c3ccc(Oc4ccc5c(C#N)ccc(S)c5n4)cc32)c1. The van der Waals surface area contributed by atoms with Crippen LogP contribution in [0.3, 0.4) is 0 Å². The van der Waals surface area contributed by atoms with E-state index in [-0.39, 0.29) is 0 Å². The topological polar surface area (TPSA) is 63.7 Å². The number of aromatic nitrogens is 3. The van der Waals surface area contributed by atoms with E-state index in [0.717, 1.165) is 38.6 Å². The fourth-order valence-electron chi connectivity index (χ4n) is 4.36. The average Bonchev–Trinajstić information content (AvgIpc) is 3.18. The van der Waals surface area contributed by atoms with Crippen molar-refractivity contribution in [3.63, 3.8) is 0 Å². The van der Waals surface area contributed by atoms with Crippen molar-refractivity contribution in [1.29, 1.82) is 5.26 Å². The largest absolute Gasteiger partial charge is 0.439 e. The number of para-hydroxylation sites is 1. The lowest BCUT2D eigenvalue weighted by Crippen LogP contribution is -1.97. The number of pyridine rings is 2. The summed E-state index contributed by atoms with van der Waals surface area (Å²) in [6, 6.07) is 27.8. The minimum Gasteiger partial charge on any atom is -0.439 e. The van der Waals surface area contributed by atoms with Gasteiger partial charge in [0.25, 0.3) is 0 Å². The van der Waals surface area contributed by atoms with Gasteiger partial charge in [-0.3, -0.25) is 4.57 Å². The van der Waals surface area contributed by atoms with E-state index in [1.807, 2.05) is 42.6 Å². The van der Waals surface area contributed by atoms with Crippen LogP contribution in [0.2, 0.25) is 0 Å². The molecule has 5 nitrogen and oxygen atoms in total. The molecular weight excluding hydrogens is 440 g/mol. The van der Waals surface area contributed by atoms with Gasteiger partial charge in [-0.25, -0.2) is 9.97 Å². The highest BCUT2D eigenvalue weighted by Gasteiger charge is 2.15. The number of fused-ring (bicyclic) bond motifs is 4. The molecular formula is C28H18N4OS. The van der Waals surface area contributed by atoms with Crippen LogP contribution in [0.15, 0.2) is 90.0 Å². The Labute approximate surface area is 201 Å². The third kappa shape index (κ3) is 3.26. The van der Waals surface area contributed by atoms with Crippen LogP contribution < -0.4 is 4.74 Å². The molecule has 0 radical (unpaired) electrons. The first kappa shape index (κ1) is 20.3. The lowest BCUT2D eigenvalue weighted by molar-refractivity contribution is 0.465. The van der Waals surface area contributed by atoms with Gasteiger partial charge in [0, 0.05) is 39.4 Å². The Morgan fingerprint density at radius 2 is 1.71 bits per heavy atom. The maximum atomic E-state index is 9.39.